The number of rotatable bonds is 2. The van der Waals surface area contributed by atoms with Crippen LogP contribution in [0.2, 0.25) is 6.04 Å². The third kappa shape index (κ3) is 1.36. The number of nitrogens with zero attached hydrogens (tertiary/aromatic N) is 2. The summed E-state index contributed by atoms with van der Waals surface area (Å²) in [6, 6.07) is 0.801. The van der Waals surface area contributed by atoms with Gasteiger partial charge in [0.15, 0.2) is 0 Å². The van der Waals surface area contributed by atoms with Crippen LogP contribution in [0.25, 0.3) is 0 Å². The van der Waals surface area contributed by atoms with Crippen molar-refractivity contribution in [3.63, 3.8) is 0 Å². The molecule has 4 nitrogen and oxygen atoms in total. The van der Waals surface area contributed by atoms with E-state index in [1.54, 1.807) is 0 Å². The zero-order valence-electron chi connectivity index (χ0n) is 5.20. The summed E-state index contributed by atoms with van der Waals surface area (Å²) >= 11 is 0. The van der Waals surface area contributed by atoms with Gasteiger partial charge >= 0.3 is 0 Å². The van der Waals surface area contributed by atoms with Gasteiger partial charge in [-0.25, -0.2) is 0 Å². The lowest BCUT2D eigenvalue weighted by Crippen LogP contribution is -2.32. The molecule has 5 heteroatoms. The van der Waals surface area contributed by atoms with Gasteiger partial charge in [-0.15, -0.1) is 10.2 Å². The van der Waals surface area contributed by atoms with Gasteiger partial charge in [0.25, 0.3) is 0 Å². The molecule has 0 saturated carbocycles. The number of nitrogens with one attached hydrogen (secondary N) is 1. The molecule has 0 aliphatic heterocycles. The van der Waals surface area contributed by atoms with Crippen LogP contribution in [0.15, 0.2) is 6.33 Å². The van der Waals surface area contributed by atoms with Gasteiger partial charge in [0, 0.05) is 0 Å². The Morgan fingerprint density at radius 1 is 1.89 bits per heavy atom. The minimum absolute atomic E-state index is 0.678. The molecule has 1 aromatic heterocycles. The van der Waals surface area contributed by atoms with Crippen molar-refractivity contribution in [1.82, 2.24) is 15.2 Å². The van der Waals surface area contributed by atoms with Crippen molar-refractivity contribution >= 4 is 14.5 Å². The van der Waals surface area contributed by atoms with E-state index in [1.807, 2.05) is 6.92 Å². The number of hydrogen-bond donors (Lipinski definition) is 2. The maximum atomic E-state index is 9.22. The third-order valence-electron chi connectivity index (χ3n) is 1.14. The van der Waals surface area contributed by atoms with Crippen molar-refractivity contribution in [1.29, 1.82) is 0 Å². The van der Waals surface area contributed by atoms with E-state index in [9.17, 15) is 4.80 Å². The third-order valence-corrected chi connectivity index (χ3v) is 2.82. The summed E-state index contributed by atoms with van der Waals surface area (Å²) in [5.41, 5.74) is 0.678. The fourth-order valence-corrected chi connectivity index (χ4v) is 1.42. The molecule has 0 aliphatic carbocycles. The Morgan fingerprint density at radius 3 is 3.11 bits per heavy atom. The van der Waals surface area contributed by atoms with Gasteiger partial charge in [-0.1, -0.05) is 6.92 Å². The molecule has 0 saturated heterocycles. The van der Waals surface area contributed by atoms with Gasteiger partial charge < -0.3 is 9.78 Å². The molecule has 2 N–H and O–H groups in total. The van der Waals surface area contributed by atoms with Crippen molar-refractivity contribution < 1.29 is 4.80 Å². The lowest BCUT2D eigenvalue weighted by atomic mass is 11.0. The molecule has 50 valence electrons. The second-order valence-corrected chi connectivity index (χ2v) is 4.19. The van der Waals surface area contributed by atoms with Crippen LogP contribution in [0.1, 0.15) is 6.92 Å². The SMILES string of the molecule is CC[SiH](O)c1nnc[nH]1. The molecular weight excluding hydrogens is 134 g/mol. The van der Waals surface area contributed by atoms with E-state index in [4.69, 9.17) is 0 Å². The van der Waals surface area contributed by atoms with E-state index in [1.165, 1.54) is 6.33 Å². The molecule has 1 unspecified atom stereocenters. The summed E-state index contributed by atoms with van der Waals surface area (Å²) in [6.45, 7) is 1.94. The Bertz CT molecular complexity index is 164. The van der Waals surface area contributed by atoms with Gasteiger partial charge in [0.2, 0.25) is 9.04 Å². The van der Waals surface area contributed by atoms with E-state index in [0.717, 1.165) is 6.04 Å². The predicted molar refractivity (Wildman–Crippen MR) is 35.9 cm³/mol. The molecule has 1 atom stereocenters. The number of aromatic nitrogens is 3. The monoisotopic (exact) mass is 143 g/mol. The number of hydrogen-bond acceptors (Lipinski definition) is 3. The van der Waals surface area contributed by atoms with Crippen molar-refractivity contribution in [2.24, 2.45) is 0 Å². The zero-order chi connectivity index (χ0) is 6.69. The molecule has 0 aliphatic rings. The van der Waals surface area contributed by atoms with Crippen LogP contribution in [-0.2, 0) is 0 Å². The summed E-state index contributed by atoms with van der Waals surface area (Å²) in [7, 11) is -1.72. The minimum atomic E-state index is -1.72. The Hall–Kier alpha value is -0.683. The lowest BCUT2D eigenvalue weighted by Gasteiger charge is -1.96. The Labute approximate surface area is 54.7 Å². The highest BCUT2D eigenvalue weighted by Crippen LogP contribution is 1.81. The van der Waals surface area contributed by atoms with E-state index >= 15 is 0 Å². The fraction of sp³-hybridized carbons (Fsp3) is 0.500. The Morgan fingerprint density at radius 2 is 2.67 bits per heavy atom. The van der Waals surface area contributed by atoms with E-state index in [0.29, 0.717) is 5.45 Å². The highest BCUT2D eigenvalue weighted by Gasteiger charge is 2.09. The van der Waals surface area contributed by atoms with Crippen molar-refractivity contribution in [2.75, 3.05) is 0 Å². The van der Waals surface area contributed by atoms with Crippen molar-refractivity contribution in [3.8, 4) is 0 Å². The van der Waals surface area contributed by atoms with Crippen LogP contribution in [0.4, 0.5) is 0 Å². The van der Waals surface area contributed by atoms with Crippen LogP contribution in [0.5, 0.6) is 0 Å². The van der Waals surface area contributed by atoms with Crippen molar-refractivity contribution in [3.05, 3.63) is 6.33 Å². The molecule has 0 radical (unpaired) electrons. The largest absolute Gasteiger partial charge is 0.427 e. The first-order chi connectivity index (χ1) is 4.34. The van der Waals surface area contributed by atoms with Crippen LogP contribution in [-0.4, -0.2) is 29.0 Å². The summed E-state index contributed by atoms with van der Waals surface area (Å²) < 4.78 is 0. The first kappa shape index (κ1) is 6.44. The number of H-pyrrole nitrogens is 1. The second kappa shape index (κ2) is 2.74. The number of aromatic amines is 1. The van der Waals surface area contributed by atoms with Gasteiger partial charge in [-0.3, -0.25) is 0 Å². The Kier molecular flexibility index (Phi) is 1.96. The van der Waals surface area contributed by atoms with Crippen LogP contribution >= 0.6 is 0 Å². The summed E-state index contributed by atoms with van der Waals surface area (Å²) in [6.07, 6.45) is 1.49. The first-order valence-corrected chi connectivity index (χ1v) is 4.79. The molecule has 0 spiro atoms. The quantitative estimate of drug-likeness (QED) is 0.508. The minimum Gasteiger partial charge on any atom is -0.427 e. The molecule has 1 rings (SSSR count). The fourth-order valence-electron chi connectivity index (χ4n) is 0.571. The Balaban J connectivity index is 2.65. The average Bonchev–Trinajstić information content (AvgIpc) is 2.37. The molecular formula is C4H9N3OSi. The maximum absolute atomic E-state index is 9.22. The van der Waals surface area contributed by atoms with Crippen LogP contribution in [0.3, 0.4) is 0 Å². The van der Waals surface area contributed by atoms with Gasteiger partial charge in [-0.05, 0) is 6.04 Å². The standard InChI is InChI=1S/C4H9N3OSi/c1-2-9(8)4-5-3-6-7-4/h3,8-9H,2H2,1H3,(H,5,6,7). The van der Waals surface area contributed by atoms with Gasteiger partial charge in [-0.2, -0.15) is 0 Å². The molecule has 0 bridgehead atoms. The summed E-state index contributed by atoms with van der Waals surface area (Å²) in [5.74, 6) is 0. The van der Waals surface area contributed by atoms with Gasteiger partial charge in [0.05, 0.1) is 0 Å². The average molecular weight is 143 g/mol. The molecule has 0 aromatic carbocycles. The molecule has 1 heterocycles. The smallest absolute Gasteiger partial charge is 0.247 e. The van der Waals surface area contributed by atoms with Crippen molar-refractivity contribution in [2.45, 2.75) is 13.0 Å². The topological polar surface area (TPSA) is 61.8 Å². The predicted octanol–water partition coefficient (Wildman–Crippen LogP) is -1.25. The first-order valence-electron chi connectivity index (χ1n) is 2.88. The molecule has 0 fully saturated rings. The second-order valence-electron chi connectivity index (χ2n) is 1.80. The van der Waals surface area contributed by atoms with Crippen LogP contribution < -0.4 is 5.45 Å². The zero-order valence-corrected chi connectivity index (χ0v) is 6.36. The van der Waals surface area contributed by atoms with Gasteiger partial charge in [0.1, 0.15) is 11.8 Å². The highest BCUT2D eigenvalue weighted by atomic mass is 28.3. The summed E-state index contributed by atoms with van der Waals surface area (Å²) in [5, 5.41) is 7.25. The highest BCUT2D eigenvalue weighted by molar-refractivity contribution is 6.64. The molecule has 9 heavy (non-hydrogen) atoms. The maximum Gasteiger partial charge on any atom is 0.247 e. The molecule has 1 aromatic rings. The normalized spacial score (nSPS) is 13.6. The van der Waals surface area contributed by atoms with E-state index in [2.05, 4.69) is 15.2 Å². The van der Waals surface area contributed by atoms with E-state index < -0.39 is 9.04 Å². The van der Waals surface area contributed by atoms with Crippen LogP contribution in [0, 0.1) is 0 Å². The molecule has 0 amide bonds. The lowest BCUT2D eigenvalue weighted by molar-refractivity contribution is 0.583. The summed E-state index contributed by atoms with van der Waals surface area (Å²) in [4.78, 5) is 12.0. The van der Waals surface area contributed by atoms with E-state index in [-0.39, 0.29) is 0 Å².